The van der Waals surface area contributed by atoms with E-state index >= 15 is 0 Å². The Morgan fingerprint density at radius 2 is 1.66 bits per heavy atom. The van der Waals surface area contributed by atoms with Crippen molar-refractivity contribution in [2.75, 3.05) is 13.2 Å². The summed E-state index contributed by atoms with van der Waals surface area (Å²) in [6, 6.07) is 17.8. The second-order valence-electron chi connectivity index (χ2n) is 9.76. The van der Waals surface area contributed by atoms with Crippen LogP contribution in [0.5, 0.6) is 5.75 Å². The lowest BCUT2D eigenvalue weighted by molar-refractivity contribution is -0.142. The molecular formula is C30H33BrCl2N2O3. The highest BCUT2D eigenvalue weighted by atomic mass is 79.9. The van der Waals surface area contributed by atoms with Gasteiger partial charge in [-0.2, -0.15) is 0 Å². The molecule has 5 nitrogen and oxygen atoms in total. The normalized spacial score (nSPS) is 11.8. The van der Waals surface area contributed by atoms with E-state index in [2.05, 4.69) is 21.2 Å². The SMILES string of the molecule is Cc1cc(OCC(=O)N(Cc2ccc(Cl)cc2Cl)[C@@H](Cc2ccccc2)C(=O)NCC(C)C)cc(C)c1Br. The minimum absolute atomic E-state index is 0.128. The largest absolute Gasteiger partial charge is 0.484 e. The first kappa shape index (κ1) is 30.0. The van der Waals surface area contributed by atoms with Crippen LogP contribution < -0.4 is 10.1 Å². The molecule has 3 aromatic carbocycles. The maximum Gasteiger partial charge on any atom is 0.261 e. The third-order valence-corrected chi connectivity index (χ3v) is 7.92. The van der Waals surface area contributed by atoms with Gasteiger partial charge in [-0.05, 0) is 66.3 Å². The quantitative estimate of drug-likeness (QED) is 0.248. The van der Waals surface area contributed by atoms with Crippen LogP contribution in [0.3, 0.4) is 0 Å². The van der Waals surface area contributed by atoms with Crippen LogP contribution in [0.2, 0.25) is 10.0 Å². The second-order valence-corrected chi connectivity index (χ2v) is 11.4. The molecule has 0 aliphatic carbocycles. The highest BCUT2D eigenvalue weighted by molar-refractivity contribution is 9.10. The number of ether oxygens (including phenoxy) is 1. The molecule has 0 unspecified atom stereocenters. The number of aryl methyl sites for hydroxylation is 2. The molecule has 3 rings (SSSR count). The molecule has 38 heavy (non-hydrogen) atoms. The van der Waals surface area contributed by atoms with E-state index in [1.165, 1.54) is 0 Å². The van der Waals surface area contributed by atoms with E-state index in [4.69, 9.17) is 27.9 Å². The van der Waals surface area contributed by atoms with Crippen molar-refractivity contribution in [3.05, 3.63) is 97.4 Å². The van der Waals surface area contributed by atoms with Gasteiger partial charge >= 0.3 is 0 Å². The fourth-order valence-electron chi connectivity index (χ4n) is 4.03. The zero-order valence-corrected chi connectivity index (χ0v) is 25.2. The van der Waals surface area contributed by atoms with Crippen molar-refractivity contribution in [2.45, 2.75) is 46.7 Å². The molecule has 0 spiro atoms. The summed E-state index contributed by atoms with van der Waals surface area (Å²) in [6.45, 7) is 8.39. The summed E-state index contributed by atoms with van der Waals surface area (Å²) < 4.78 is 6.93. The Kier molecular flexibility index (Phi) is 11.1. The lowest BCUT2D eigenvalue weighted by Crippen LogP contribution is -2.52. The van der Waals surface area contributed by atoms with Crippen molar-refractivity contribution in [3.63, 3.8) is 0 Å². The van der Waals surface area contributed by atoms with Crippen molar-refractivity contribution >= 4 is 50.9 Å². The van der Waals surface area contributed by atoms with E-state index in [9.17, 15) is 9.59 Å². The smallest absolute Gasteiger partial charge is 0.261 e. The van der Waals surface area contributed by atoms with E-state index < -0.39 is 6.04 Å². The number of nitrogens with one attached hydrogen (secondary N) is 1. The van der Waals surface area contributed by atoms with Gasteiger partial charge in [-0.3, -0.25) is 9.59 Å². The molecule has 2 amide bonds. The number of carbonyl (C=O) groups excluding carboxylic acids is 2. The Morgan fingerprint density at radius 3 is 2.26 bits per heavy atom. The summed E-state index contributed by atoms with van der Waals surface area (Å²) in [5, 5.41) is 3.93. The topological polar surface area (TPSA) is 58.6 Å². The van der Waals surface area contributed by atoms with Gasteiger partial charge in [-0.15, -0.1) is 0 Å². The number of amides is 2. The Morgan fingerprint density at radius 1 is 1.00 bits per heavy atom. The van der Waals surface area contributed by atoms with Crippen LogP contribution in [0, 0.1) is 19.8 Å². The molecule has 8 heteroatoms. The Balaban J connectivity index is 1.94. The molecule has 0 saturated heterocycles. The van der Waals surface area contributed by atoms with Gasteiger partial charge in [0, 0.05) is 34.0 Å². The molecule has 0 heterocycles. The van der Waals surface area contributed by atoms with Crippen LogP contribution in [-0.2, 0) is 22.6 Å². The molecule has 3 aromatic rings. The number of rotatable bonds is 11. The van der Waals surface area contributed by atoms with Gasteiger partial charge < -0.3 is 15.0 Å². The average Bonchev–Trinajstić information content (AvgIpc) is 2.88. The van der Waals surface area contributed by atoms with E-state index in [0.29, 0.717) is 34.3 Å². The first-order chi connectivity index (χ1) is 18.0. The highest BCUT2D eigenvalue weighted by Crippen LogP contribution is 2.27. The van der Waals surface area contributed by atoms with E-state index in [1.807, 2.05) is 70.2 Å². The number of nitrogens with zero attached hydrogens (tertiary/aromatic N) is 1. The minimum Gasteiger partial charge on any atom is -0.484 e. The van der Waals surface area contributed by atoms with E-state index in [0.717, 1.165) is 21.2 Å². The van der Waals surface area contributed by atoms with Crippen molar-refractivity contribution < 1.29 is 14.3 Å². The first-order valence-electron chi connectivity index (χ1n) is 12.5. The third-order valence-electron chi connectivity index (χ3n) is 6.08. The Hall–Kier alpha value is -2.54. The summed E-state index contributed by atoms with van der Waals surface area (Å²) >= 11 is 16.2. The fraction of sp³-hybridized carbons (Fsp3) is 0.333. The summed E-state index contributed by atoms with van der Waals surface area (Å²) in [5.74, 6) is 0.300. The zero-order valence-electron chi connectivity index (χ0n) is 22.1. The van der Waals surface area contributed by atoms with Crippen molar-refractivity contribution in [3.8, 4) is 5.75 Å². The van der Waals surface area contributed by atoms with E-state index in [1.54, 1.807) is 23.1 Å². The molecule has 202 valence electrons. The molecule has 1 N–H and O–H groups in total. The van der Waals surface area contributed by atoms with Gasteiger partial charge in [-0.1, -0.05) is 89.4 Å². The Bertz CT molecular complexity index is 1240. The lowest BCUT2D eigenvalue weighted by atomic mass is 10.0. The van der Waals surface area contributed by atoms with E-state index in [-0.39, 0.29) is 30.9 Å². The molecule has 0 aromatic heterocycles. The van der Waals surface area contributed by atoms with Crippen LogP contribution in [0.1, 0.15) is 36.1 Å². The molecule has 1 atom stereocenters. The van der Waals surface area contributed by atoms with Gasteiger partial charge in [0.1, 0.15) is 11.8 Å². The number of hydrogen-bond acceptors (Lipinski definition) is 3. The van der Waals surface area contributed by atoms with Crippen molar-refractivity contribution in [1.82, 2.24) is 10.2 Å². The predicted molar refractivity (Wildman–Crippen MR) is 158 cm³/mol. The van der Waals surface area contributed by atoms with Crippen molar-refractivity contribution in [2.24, 2.45) is 5.92 Å². The van der Waals surface area contributed by atoms with Gasteiger partial charge in [0.2, 0.25) is 5.91 Å². The average molecular weight is 620 g/mol. The van der Waals surface area contributed by atoms with Gasteiger partial charge in [0.05, 0.1) is 0 Å². The van der Waals surface area contributed by atoms with Gasteiger partial charge in [0.15, 0.2) is 6.61 Å². The fourth-order valence-corrected chi connectivity index (χ4v) is 4.72. The summed E-state index contributed by atoms with van der Waals surface area (Å²) in [6.07, 6.45) is 0.345. The van der Waals surface area contributed by atoms with Gasteiger partial charge in [-0.25, -0.2) is 0 Å². The molecule has 0 saturated carbocycles. The number of halogens is 3. The molecule has 0 aliphatic rings. The summed E-state index contributed by atoms with van der Waals surface area (Å²) in [4.78, 5) is 28.8. The highest BCUT2D eigenvalue weighted by Gasteiger charge is 2.31. The van der Waals surface area contributed by atoms with Gasteiger partial charge in [0.25, 0.3) is 5.91 Å². The number of hydrogen-bond donors (Lipinski definition) is 1. The third kappa shape index (κ3) is 8.48. The summed E-state index contributed by atoms with van der Waals surface area (Å²) in [5.41, 5.74) is 3.64. The van der Waals surface area contributed by atoms with Crippen molar-refractivity contribution in [1.29, 1.82) is 0 Å². The summed E-state index contributed by atoms with van der Waals surface area (Å²) in [7, 11) is 0. The molecule has 0 fully saturated rings. The lowest BCUT2D eigenvalue weighted by Gasteiger charge is -2.32. The predicted octanol–water partition coefficient (Wildman–Crippen LogP) is 7.16. The number of benzene rings is 3. The molecule has 0 aliphatic heterocycles. The Labute approximate surface area is 243 Å². The molecule has 0 bridgehead atoms. The van der Waals surface area contributed by atoms with Crippen LogP contribution in [0.15, 0.2) is 65.1 Å². The minimum atomic E-state index is -0.771. The van der Waals surface area contributed by atoms with Crippen LogP contribution in [0.4, 0.5) is 0 Å². The maximum atomic E-state index is 13.8. The standard InChI is InChI=1S/C30H33BrCl2N2O3/c1-19(2)16-34-30(37)27(14-22-8-6-5-7-9-22)35(17-23-10-11-24(32)15-26(23)33)28(36)18-38-25-12-20(3)29(31)21(4)13-25/h5-13,15,19,27H,14,16-18H2,1-4H3,(H,34,37)/t27-/m0/s1. The zero-order chi connectivity index (χ0) is 27.8. The molecular weight excluding hydrogens is 587 g/mol. The molecule has 0 radical (unpaired) electrons. The number of carbonyl (C=O) groups is 2. The first-order valence-corrected chi connectivity index (χ1v) is 14.0. The maximum absolute atomic E-state index is 13.8. The monoisotopic (exact) mass is 618 g/mol. The van der Waals surface area contributed by atoms with Crippen LogP contribution >= 0.6 is 39.1 Å². The van der Waals surface area contributed by atoms with Crippen LogP contribution in [0.25, 0.3) is 0 Å². The van der Waals surface area contributed by atoms with Crippen LogP contribution in [-0.4, -0.2) is 35.9 Å². The second kappa shape index (κ2) is 14.0.